The Kier molecular flexibility index (Phi) is 8.81. The quantitative estimate of drug-likeness (QED) is 0.203. The van der Waals surface area contributed by atoms with Crippen LogP contribution in [0.15, 0.2) is 57.8 Å². The van der Waals surface area contributed by atoms with E-state index in [1.54, 1.807) is 17.6 Å². The number of benzene rings is 2. The first-order valence-corrected chi connectivity index (χ1v) is 14.0. The zero-order valence-electron chi connectivity index (χ0n) is 20.9. The average Bonchev–Trinajstić information content (AvgIpc) is 3.64. The number of amides is 1. The molecule has 1 amide bonds. The van der Waals surface area contributed by atoms with Crippen LogP contribution in [0.2, 0.25) is 0 Å². The third-order valence-electron chi connectivity index (χ3n) is 7.10. The number of ether oxygens (including phenoxy) is 2. The van der Waals surface area contributed by atoms with Crippen LogP contribution in [0.25, 0.3) is 11.1 Å². The van der Waals surface area contributed by atoms with Crippen molar-refractivity contribution >= 4 is 39.3 Å². The minimum absolute atomic E-state index is 0. The van der Waals surface area contributed by atoms with Crippen molar-refractivity contribution in [1.82, 2.24) is 15.4 Å². The van der Waals surface area contributed by atoms with Crippen LogP contribution < -0.4 is 15.0 Å². The number of rotatable bonds is 11. The fourth-order valence-corrected chi connectivity index (χ4v) is 6.70. The summed E-state index contributed by atoms with van der Waals surface area (Å²) >= 11 is 0. The Hall–Kier alpha value is -2.86. The standard InChI is InChI=1S/C26H31N3O7S.ClH/c30-24(28-31)26(12-14-29(15-13-26)18-19-6-7-19)37(32,33)21-10-8-20(9-11-21)34-16-3-17-35-25-27-22-4-1-2-5-23(22)36-25;/h1-2,4-5,8-11,19,31H,3,6-7,12-18H2,(H,28,30);1H. The Balaban J connectivity index is 0.00000336. The first-order valence-electron chi connectivity index (χ1n) is 12.5. The Labute approximate surface area is 227 Å². The lowest BCUT2D eigenvalue weighted by molar-refractivity contribution is -0.133. The Morgan fingerprint density at radius 3 is 2.42 bits per heavy atom. The summed E-state index contributed by atoms with van der Waals surface area (Å²) in [6.07, 6.45) is 3.44. The van der Waals surface area contributed by atoms with Crippen molar-refractivity contribution < 1.29 is 32.3 Å². The molecule has 0 unspecified atom stereocenters. The highest BCUT2D eigenvalue weighted by molar-refractivity contribution is 7.93. The van der Waals surface area contributed by atoms with Gasteiger partial charge in [0.1, 0.15) is 11.3 Å². The van der Waals surface area contributed by atoms with E-state index in [1.807, 2.05) is 24.3 Å². The van der Waals surface area contributed by atoms with E-state index in [-0.39, 0.29) is 36.2 Å². The molecule has 2 aromatic carbocycles. The molecule has 1 aromatic heterocycles. The van der Waals surface area contributed by atoms with Crippen molar-refractivity contribution in [3.05, 3.63) is 48.5 Å². The van der Waals surface area contributed by atoms with E-state index < -0.39 is 20.5 Å². The zero-order valence-corrected chi connectivity index (χ0v) is 22.5. The van der Waals surface area contributed by atoms with Gasteiger partial charge in [0.05, 0.1) is 18.1 Å². The van der Waals surface area contributed by atoms with E-state index in [9.17, 15) is 18.4 Å². The maximum Gasteiger partial charge on any atom is 0.394 e. The van der Waals surface area contributed by atoms with E-state index in [4.69, 9.17) is 13.9 Å². The Bertz CT molecular complexity index is 1300. The first-order chi connectivity index (χ1) is 17.9. The van der Waals surface area contributed by atoms with Crippen molar-refractivity contribution in [2.24, 2.45) is 5.92 Å². The third-order valence-corrected chi connectivity index (χ3v) is 9.61. The first kappa shape index (κ1) is 28.2. The lowest BCUT2D eigenvalue weighted by atomic mass is 9.94. The van der Waals surface area contributed by atoms with Crippen LogP contribution in [0.3, 0.4) is 0 Å². The van der Waals surface area contributed by atoms with Crippen LogP contribution in [0, 0.1) is 5.92 Å². The van der Waals surface area contributed by atoms with E-state index in [0.717, 1.165) is 12.1 Å². The average molecular weight is 566 g/mol. The predicted molar refractivity (Wildman–Crippen MR) is 142 cm³/mol. The normalized spacial score (nSPS) is 17.5. The number of carbonyl (C=O) groups is 1. The number of sulfone groups is 1. The van der Waals surface area contributed by atoms with Crippen LogP contribution in [-0.4, -0.2) is 67.0 Å². The maximum atomic E-state index is 13.6. The zero-order chi connectivity index (χ0) is 25.9. The van der Waals surface area contributed by atoms with Crippen molar-refractivity contribution in [2.75, 3.05) is 32.8 Å². The molecule has 5 rings (SSSR count). The van der Waals surface area contributed by atoms with Gasteiger partial charge in [0.15, 0.2) is 20.2 Å². The van der Waals surface area contributed by atoms with Crippen molar-refractivity contribution in [3.63, 3.8) is 0 Å². The molecule has 1 aliphatic heterocycles. The maximum absolute atomic E-state index is 13.6. The van der Waals surface area contributed by atoms with E-state index in [0.29, 0.717) is 50.0 Å². The van der Waals surface area contributed by atoms with Gasteiger partial charge in [-0.05, 0) is 68.0 Å². The van der Waals surface area contributed by atoms with Gasteiger partial charge in [-0.1, -0.05) is 12.1 Å². The van der Waals surface area contributed by atoms with E-state index >= 15 is 0 Å². The summed E-state index contributed by atoms with van der Waals surface area (Å²) in [4.78, 5) is 19.2. The van der Waals surface area contributed by atoms with Gasteiger partial charge in [-0.2, -0.15) is 4.98 Å². The molecule has 0 atom stereocenters. The molecule has 3 aromatic rings. The predicted octanol–water partition coefficient (Wildman–Crippen LogP) is 3.62. The Morgan fingerprint density at radius 2 is 1.76 bits per heavy atom. The van der Waals surface area contributed by atoms with Gasteiger partial charge in [-0.15, -0.1) is 12.4 Å². The summed E-state index contributed by atoms with van der Waals surface area (Å²) < 4.78 is 42.3. The molecule has 10 nitrogen and oxygen atoms in total. The summed E-state index contributed by atoms with van der Waals surface area (Å²) in [5.74, 6) is 0.301. The molecule has 0 bridgehead atoms. The number of piperidine rings is 1. The molecule has 1 saturated heterocycles. The van der Waals surface area contributed by atoms with E-state index in [1.165, 1.54) is 25.0 Å². The van der Waals surface area contributed by atoms with Crippen LogP contribution >= 0.6 is 12.4 Å². The number of hydroxylamine groups is 1. The molecule has 206 valence electrons. The number of para-hydroxylation sites is 2. The monoisotopic (exact) mass is 565 g/mol. The van der Waals surface area contributed by atoms with Crippen LogP contribution in [0.1, 0.15) is 32.1 Å². The van der Waals surface area contributed by atoms with Crippen LogP contribution in [0.5, 0.6) is 11.8 Å². The fraction of sp³-hybridized carbons (Fsp3) is 0.462. The number of carbonyl (C=O) groups excluding carboxylic acids is 1. The fourth-order valence-electron chi connectivity index (χ4n) is 4.74. The van der Waals surface area contributed by atoms with Gasteiger partial charge in [-0.25, -0.2) is 13.9 Å². The molecule has 12 heteroatoms. The number of aromatic nitrogens is 1. The van der Waals surface area contributed by atoms with Crippen molar-refractivity contribution in [1.29, 1.82) is 0 Å². The minimum Gasteiger partial charge on any atom is -0.493 e. The number of fused-ring (bicyclic) bond motifs is 1. The van der Waals surface area contributed by atoms with Crippen LogP contribution in [-0.2, 0) is 14.6 Å². The SMILES string of the molecule is Cl.O=C(NO)C1(S(=O)(=O)c2ccc(OCCCOc3nc4ccccc4o3)cc2)CCN(CC2CC2)CC1. The number of hydrogen-bond donors (Lipinski definition) is 2. The smallest absolute Gasteiger partial charge is 0.394 e. The van der Waals surface area contributed by atoms with Crippen LogP contribution in [0.4, 0.5) is 0 Å². The molecule has 38 heavy (non-hydrogen) atoms. The van der Waals surface area contributed by atoms with Gasteiger partial charge in [0.25, 0.3) is 5.91 Å². The molecular formula is C26H32ClN3O7S. The molecule has 2 aliphatic rings. The molecule has 0 spiro atoms. The van der Waals surface area contributed by atoms with Gasteiger partial charge in [-0.3, -0.25) is 10.0 Å². The lowest BCUT2D eigenvalue weighted by Gasteiger charge is -2.39. The number of likely N-dealkylation sites (tertiary alicyclic amines) is 1. The summed E-state index contributed by atoms with van der Waals surface area (Å²) in [6.45, 7) is 2.62. The minimum atomic E-state index is -4.05. The van der Waals surface area contributed by atoms with Gasteiger partial charge in [0, 0.05) is 26.1 Å². The Morgan fingerprint density at radius 1 is 1.08 bits per heavy atom. The summed E-state index contributed by atoms with van der Waals surface area (Å²) in [6, 6.07) is 13.4. The summed E-state index contributed by atoms with van der Waals surface area (Å²) in [5, 5.41) is 9.36. The largest absolute Gasteiger partial charge is 0.493 e. The van der Waals surface area contributed by atoms with Gasteiger partial charge >= 0.3 is 6.08 Å². The van der Waals surface area contributed by atoms with Gasteiger partial charge in [0.2, 0.25) is 0 Å². The molecule has 1 aliphatic carbocycles. The van der Waals surface area contributed by atoms with Crippen molar-refractivity contribution in [2.45, 2.75) is 41.7 Å². The molecule has 2 heterocycles. The van der Waals surface area contributed by atoms with E-state index in [2.05, 4.69) is 9.88 Å². The van der Waals surface area contributed by atoms with Gasteiger partial charge < -0.3 is 18.8 Å². The summed E-state index contributed by atoms with van der Waals surface area (Å²) in [5.41, 5.74) is 2.99. The number of oxazole rings is 1. The third kappa shape index (κ3) is 5.90. The van der Waals surface area contributed by atoms with Crippen molar-refractivity contribution in [3.8, 4) is 11.8 Å². The second-order valence-electron chi connectivity index (χ2n) is 9.65. The molecular weight excluding hydrogens is 534 g/mol. The number of nitrogens with one attached hydrogen (secondary N) is 1. The number of halogens is 1. The second kappa shape index (κ2) is 11.9. The molecule has 2 fully saturated rings. The highest BCUT2D eigenvalue weighted by Gasteiger charge is 2.53. The second-order valence-corrected chi connectivity index (χ2v) is 11.9. The highest BCUT2D eigenvalue weighted by atomic mass is 35.5. The molecule has 1 saturated carbocycles. The summed E-state index contributed by atoms with van der Waals surface area (Å²) in [7, 11) is -4.05. The topological polar surface area (TPSA) is 131 Å². The molecule has 2 N–H and O–H groups in total. The highest BCUT2D eigenvalue weighted by Crippen LogP contribution is 2.38. The number of nitrogens with zero attached hydrogens (tertiary/aromatic N) is 2. The lowest BCUT2D eigenvalue weighted by Crippen LogP contribution is -2.57. The molecule has 0 radical (unpaired) electrons. The number of hydrogen-bond acceptors (Lipinski definition) is 9.